The molecule has 0 aromatic heterocycles. The zero-order valence-electron chi connectivity index (χ0n) is 11.7. The summed E-state index contributed by atoms with van der Waals surface area (Å²) < 4.78 is 5.73. The van der Waals surface area contributed by atoms with Gasteiger partial charge in [0.25, 0.3) is 0 Å². The number of aliphatic hydroxyl groups is 1. The molecule has 1 aromatic carbocycles. The van der Waals surface area contributed by atoms with Crippen LogP contribution >= 0.6 is 0 Å². The van der Waals surface area contributed by atoms with Gasteiger partial charge in [0.2, 0.25) is 0 Å². The summed E-state index contributed by atoms with van der Waals surface area (Å²) in [5.41, 5.74) is 0.908. The van der Waals surface area contributed by atoms with Crippen molar-refractivity contribution in [3.63, 3.8) is 0 Å². The number of rotatable bonds is 4. The number of carbonyl (C=O) groups excluding carboxylic acids is 1. The number of hydrogen-bond donors (Lipinski definition) is 1. The molecule has 19 heavy (non-hydrogen) atoms. The fraction of sp³-hybridized carbons (Fsp3) is 0.562. The van der Waals surface area contributed by atoms with E-state index >= 15 is 0 Å². The van der Waals surface area contributed by atoms with Crippen LogP contribution in [0, 0.1) is 6.92 Å². The molecule has 2 rings (SSSR count). The third-order valence-corrected chi connectivity index (χ3v) is 3.79. The summed E-state index contributed by atoms with van der Waals surface area (Å²) in [6.07, 6.45) is 4.86. The van der Waals surface area contributed by atoms with Crippen LogP contribution in [0.3, 0.4) is 0 Å². The molecule has 1 saturated carbocycles. The van der Waals surface area contributed by atoms with Crippen LogP contribution in [0.25, 0.3) is 0 Å². The summed E-state index contributed by atoms with van der Waals surface area (Å²) >= 11 is 0. The lowest BCUT2D eigenvalue weighted by Gasteiger charge is -2.31. The molecule has 0 saturated heterocycles. The Labute approximate surface area is 114 Å². The van der Waals surface area contributed by atoms with Gasteiger partial charge in [-0.25, -0.2) is 0 Å². The second-order valence-corrected chi connectivity index (χ2v) is 5.63. The first-order chi connectivity index (χ1) is 9.00. The van der Waals surface area contributed by atoms with E-state index in [4.69, 9.17) is 4.74 Å². The highest BCUT2D eigenvalue weighted by Crippen LogP contribution is 2.29. The summed E-state index contributed by atoms with van der Waals surface area (Å²) in [6, 6.07) is 5.58. The van der Waals surface area contributed by atoms with E-state index in [0.29, 0.717) is 11.3 Å². The Bertz CT molecular complexity index is 459. The molecule has 1 fully saturated rings. The highest BCUT2D eigenvalue weighted by Gasteiger charge is 2.30. The van der Waals surface area contributed by atoms with Crippen molar-refractivity contribution in [2.24, 2.45) is 0 Å². The molecule has 0 radical (unpaired) electrons. The van der Waals surface area contributed by atoms with Crippen molar-refractivity contribution in [3.05, 3.63) is 29.3 Å². The Balaban J connectivity index is 2.08. The predicted molar refractivity (Wildman–Crippen MR) is 74.7 cm³/mol. The largest absolute Gasteiger partial charge is 0.490 e. The summed E-state index contributed by atoms with van der Waals surface area (Å²) in [4.78, 5) is 11.6. The van der Waals surface area contributed by atoms with E-state index in [1.165, 1.54) is 13.3 Å². The van der Waals surface area contributed by atoms with Crippen molar-refractivity contribution in [2.45, 2.75) is 51.6 Å². The molecular weight excluding hydrogens is 240 g/mol. The van der Waals surface area contributed by atoms with Gasteiger partial charge in [-0.3, -0.25) is 4.79 Å². The van der Waals surface area contributed by atoms with Crippen molar-refractivity contribution in [2.75, 3.05) is 6.61 Å². The van der Waals surface area contributed by atoms with Crippen LogP contribution < -0.4 is 4.74 Å². The molecule has 1 N–H and O–H groups in total. The van der Waals surface area contributed by atoms with Gasteiger partial charge in [0.05, 0.1) is 11.2 Å². The van der Waals surface area contributed by atoms with Gasteiger partial charge < -0.3 is 9.84 Å². The van der Waals surface area contributed by atoms with Crippen LogP contribution in [0.1, 0.15) is 54.9 Å². The van der Waals surface area contributed by atoms with E-state index in [-0.39, 0.29) is 12.4 Å². The number of hydrogen-bond acceptors (Lipinski definition) is 3. The maximum atomic E-state index is 11.6. The lowest BCUT2D eigenvalue weighted by Crippen LogP contribution is -2.38. The van der Waals surface area contributed by atoms with Crippen molar-refractivity contribution < 1.29 is 14.6 Å². The molecule has 3 heteroatoms. The number of ether oxygens (including phenoxy) is 1. The molecule has 0 aliphatic heterocycles. The second kappa shape index (κ2) is 5.74. The van der Waals surface area contributed by atoms with E-state index in [0.717, 1.165) is 31.2 Å². The minimum absolute atomic E-state index is 0.00525. The first-order valence-electron chi connectivity index (χ1n) is 6.97. The molecule has 0 bridgehead atoms. The van der Waals surface area contributed by atoms with E-state index in [1.807, 2.05) is 25.1 Å². The van der Waals surface area contributed by atoms with Gasteiger partial charge >= 0.3 is 0 Å². The Morgan fingerprint density at radius 1 is 1.32 bits per heavy atom. The molecule has 0 unspecified atom stereocenters. The highest BCUT2D eigenvalue weighted by molar-refractivity contribution is 5.97. The van der Waals surface area contributed by atoms with E-state index < -0.39 is 5.60 Å². The molecule has 0 atom stereocenters. The quantitative estimate of drug-likeness (QED) is 0.847. The fourth-order valence-corrected chi connectivity index (χ4v) is 2.61. The predicted octanol–water partition coefficient (Wildman–Crippen LogP) is 3.27. The topological polar surface area (TPSA) is 46.5 Å². The Hall–Kier alpha value is -1.35. The number of carbonyl (C=O) groups is 1. The summed E-state index contributed by atoms with van der Waals surface area (Å²) in [5.74, 6) is 0.575. The monoisotopic (exact) mass is 262 g/mol. The number of benzene rings is 1. The zero-order valence-corrected chi connectivity index (χ0v) is 11.7. The number of aryl methyl sites for hydroxylation is 1. The molecule has 0 amide bonds. The third kappa shape index (κ3) is 3.57. The average molecular weight is 262 g/mol. The SMILES string of the molecule is CC(=O)c1cc(C)ccc1OCC1(O)CCCCC1. The lowest BCUT2D eigenvalue weighted by molar-refractivity contribution is -0.0340. The van der Waals surface area contributed by atoms with Crippen LogP contribution in [0.2, 0.25) is 0 Å². The molecule has 0 spiro atoms. The van der Waals surface area contributed by atoms with Crippen molar-refractivity contribution in [1.82, 2.24) is 0 Å². The standard InChI is InChI=1S/C16H22O3/c1-12-6-7-15(14(10-12)13(2)17)19-11-16(18)8-4-3-5-9-16/h6-7,10,18H,3-5,8-9,11H2,1-2H3. The summed E-state index contributed by atoms with van der Waals surface area (Å²) in [6.45, 7) is 3.76. The van der Waals surface area contributed by atoms with Gasteiger partial charge in [0, 0.05) is 0 Å². The van der Waals surface area contributed by atoms with Crippen molar-refractivity contribution >= 4 is 5.78 Å². The first-order valence-corrected chi connectivity index (χ1v) is 6.97. The highest BCUT2D eigenvalue weighted by atomic mass is 16.5. The fourth-order valence-electron chi connectivity index (χ4n) is 2.61. The van der Waals surface area contributed by atoms with Crippen LogP contribution in [0.4, 0.5) is 0 Å². The summed E-state index contributed by atoms with van der Waals surface area (Å²) in [5, 5.41) is 10.4. The van der Waals surface area contributed by atoms with Gasteiger partial charge in [0.15, 0.2) is 5.78 Å². The smallest absolute Gasteiger partial charge is 0.163 e. The van der Waals surface area contributed by atoms with Gasteiger partial charge in [-0.1, -0.05) is 30.9 Å². The summed E-state index contributed by atoms with van der Waals surface area (Å²) in [7, 11) is 0. The van der Waals surface area contributed by atoms with Gasteiger partial charge in [-0.05, 0) is 38.8 Å². The molecule has 1 aliphatic carbocycles. The van der Waals surface area contributed by atoms with E-state index in [1.54, 1.807) is 0 Å². The zero-order chi connectivity index (χ0) is 13.9. The molecule has 0 heterocycles. The molecule has 1 aromatic rings. The Kier molecular flexibility index (Phi) is 4.25. The lowest BCUT2D eigenvalue weighted by atomic mass is 9.85. The maximum absolute atomic E-state index is 11.6. The Morgan fingerprint density at radius 3 is 2.63 bits per heavy atom. The van der Waals surface area contributed by atoms with E-state index in [9.17, 15) is 9.90 Å². The average Bonchev–Trinajstić information content (AvgIpc) is 2.38. The van der Waals surface area contributed by atoms with Crippen LogP contribution in [-0.2, 0) is 0 Å². The molecule has 3 nitrogen and oxygen atoms in total. The number of Topliss-reactive ketones (excluding diaryl/α,β-unsaturated/α-hetero) is 1. The third-order valence-electron chi connectivity index (χ3n) is 3.79. The Morgan fingerprint density at radius 2 is 2.00 bits per heavy atom. The number of ketones is 1. The second-order valence-electron chi connectivity index (χ2n) is 5.63. The molecule has 104 valence electrons. The normalized spacial score (nSPS) is 18.1. The van der Waals surface area contributed by atoms with Crippen LogP contribution in [-0.4, -0.2) is 23.1 Å². The minimum atomic E-state index is -0.725. The van der Waals surface area contributed by atoms with Crippen molar-refractivity contribution in [3.8, 4) is 5.75 Å². The van der Waals surface area contributed by atoms with Crippen LogP contribution in [0.15, 0.2) is 18.2 Å². The minimum Gasteiger partial charge on any atom is -0.490 e. The van der Waals surface area contributed by atoms with Gasteiger partial charge in [-0.2, -0.15) is 0 Å². The molecular formula is C16H22O3. The van der Waals surface area contributed by atoms with Gasteiger partial charge in [-0.15, -0.1) is 0 Å². The first kappa shape index (κ1) is 14.1. The van der Waals surface area contributed by atoms with Gasteiger partial charge in [0.1, 0.15) is 12.4 Å². The maximum Gasteiger partial charge on any atom is 0.163 e. The molecule has 1 aliphatic rings. The van der Waals surface area contributed by atoms with Crippen molar-refractivity contribution in [1.29, 1.82) is 0 Å². The van der Waals surface area contributed by atoms with E-state index in [2.05, 4.69) is 0 Å². The van der Waals surface area contributed by atoms with Crippen LogP contribution in [0.5, 0.6) is 5.75 Å².